The van der Waals surface area contributed by atoms with Gasteiger partial charge in [-0.3, -0.25) is 19.2 Å². The average molecular weight is 614 g/mol. The van der Waals surface area contributed by atoms with E-state index in [2.05, 4.69) is 53.4 Å². The summed E-state index contributed by atoms with van der Waals surface area (Å²) in [5.41, 5.74) is 4.25. The van der Waals surface area contributed by atoms with Gasteiger partial charge in [0.2, 0.25) is 5.88 Å². The van der Waals surface area contributed by atoms with E-state index in [-0.39, 0.29) is 11.9 Å². The fraction of sp³-hybridized carbons (Fsp3) is 0.289. The Balaban J connectivity index is 1.04. The number of likely N-dealkylation sites (N-methyl/N-ethyl adjacent to an activating group) is 1. The topological polar surface area (TPSA) is 70.9 Å². The summed E-state index contributed by atoms with van der Waals surface area (Å²) in [4.78, 5) is 37.9. The summed E-state index contributed by atoms with van der Waals surface area (Å²) in [7, 11) is 3.52. The van der Waals surface area contributed by atoms with Crippen LogP contribution in [0.1, 0.15) is 41.0 Å². The van der Waals surface area contributed by atoms with Crippen LogP contribution in [0.5, 0.6) is 5.88 Å². The fourth-order valence-corrected chi connectivity index (χ4v) is 6.72. The lowest BCUT2D eigenvalue weighted by molar-refractivity contribution is 0.0992. The number of imidazole rings is 1. The van der Waals surface area contributed by atoms with Gasteiger partial charge in [-0.05, 0) is 52.8 Å². The predicted octanol–water partition coefficient (Wildman–Crippen LogP) is 7.02. The molecule has 1 aromatic heterocycles. The Hall–Kier alpha value is -4.95. The van der Waals surface area contributed by atoms with Gasteiger partial charge in [-0.25, -0.2) is 9.78 Å². The number of carbonyl (C=O) groups is 2. The molecule has 0 radical (unpaired) electrons. The standard InChI is InChI=1S/C38H39N5O3/c1-40(31-22-24-42(26-31)25-27-18-20-29(21-19-27)28-11-4-3-5-12-28)38(45)46-37-35(39-34-17-8-9-23-43(34)37)41(2)36(44)33-16-10-14-30-13-6-7-15-32(30)33/h3-7,10-16,18-21,31H,8-9,17,22-26H2,1-2H3. The Kier molecular flexibility index (Phi) is 8.28. The Morgan fingerprint density at radius 2 is 1.59 bits per heavy atom. The van der Waals surface area contributed by atoms with E-state index in [9.17, 15) is 9.59 Å². The molecule has 1 unspecified atom stereocenters. The van der Waals surface area contributed by atoms with Crippen molar-refractivity contribution >= 4 is 28.6 Å². The minimum absolute atomic E-state index is 0.0262. The first-order chi connectivity index (χ1) is 22.5. The Labute approximate surface area is 269 Å². The predicted molar refractivity (Wildman–Crippen MR) is 181 cm³/mol. The molecule has 234 valence electrons. The van der Waals surface area contributed by atoms with Crippen LogP contribution in [-0.4, -0.2) is 64.6 Å². The van der Waals surface area contributed by atoms with Crippen LogP contribution in [0.25, 0.3) is 21.9 Å². The number of aromatic nitrogens is 2. The molecule has 1 saturated heterocycles. The number of anilines is 1. The highest BCUT2D eigenvalue weighted by molar-refractivity contribution is 6.14. The normalized spacial score (nSPS) is 16.3. The number of rotatable bonds is 7. The van der Waals surface area contributed by atoms with Gasteiger partial charge in [0.05, 0.1) is 0 Å². The van der Waals surface area contributed by atoms with E-state index < -0.39 is 6.09 Å². The molecule has 1 fully saturated rings. The molecule has 3 heterocycles. The molecule has 8 nitrogen and oxygen atoms in total. The van der Waals surface area contributed by atoms with Crippen molar-refractivity contribution in [1.29, 1.82) is 0 Å². The van der Waals surface area contributed by atoms with Crippen LogP contribution in [0.3, 0.4) is 0 Å². The lowest BCUT2D eigenvalue weighted by Crippen LogP contribution is -2.41. The van der Waals surface area contributed by atoms with E-state index >= 15 is 0 Å². The first kappa shape index (κ1) is 29.7. The van der Waals surface area contributed by atoms with Crippen LogP contribution in [0.2, 0.25) is 0 Å². The van der Waals surface area contributed by atoms with Crippen LogP contribution < -0.4 is 9.64 Å². The van der Waals surface area contributed by atoms with E-state index in [0.717, 1.165) is 61.9 Å². The third kappa shape index (κ3) is 5.88. The van der Waals surface area contributed by atoms with Gasteiger partial charge in [-0.1, -0.05) is 91.0 Å². The molecule has 4 aromatic carbocycles. The fourth-order valence-electron chi connectivity index (χ4n) is 6.72. The summed E-state index contributed by atoms with van der Waals surface area (Å²) in [6.07, 6.45) is 3.19. The highest BCUT2D eigenvalue weighted by Crippen LogP contribution is 2.34. The molecule has 0 aliphatic carbocycles. The average Bonchev–Trinajstić information content (AvgIpc) is 3.72. The second-order valence-corrected chi connectivity index (χ2v) is 12.4. The van der Waals surface area contributed by atoms with Gasteiger partial charge < -0.3 is 9.64 Å². The van der Waals surface area contributed by atoms with Crippen LogP contribution in [-0.2, 0) is 19.5 Å². The first-order valence-electron chi connectivity index (χ1n) is 16.1. The molecular formula is C38H39N5O3. The van der Waals surface area contributed by atoms with Gasteiger partial charge in [0, 0.05) is 58.3 Å². The molecule has 2 amide bonds. The zero-order valence-electron chi connectivity index (χ0n) is 26.4. The molecule has 0 spiro atoms. The van der Waals surface area contributed by atoms with Gasteiger partial charge in [-0.15, -0.1) is 0 Å². The quantitative estimate of drug-likeness (QED) is 0.197. The number of aryl methyl sites for hydroxylation is 1. The maximum atomic E-state index is 13.9. The van der Waals surface area contributed by atoms with Crippen molar-refractivity contribution in [2.24, 2.45) is 0 Å². The summed E-state index contributed by atoms with van der Waals surface area (Å²) >= 11 is 0. The molecular weight excluding hydrogens is 574 g/mol. The van der Waals surface area contributed by atoms with E-state index in [1.165, 1.54) is 21.6 Å². The second-order valence-electron chi connectivity index (χ2n) is 12.4. The summed E-state index contributed by atoms with van der Waals surface area (Å²) < 4.78 is 8.11. The lowest BCUT2D eigenvalue weighted by Gasteiger charge is -2.25. The highest BCUT2D eigenvalue weighted by atomic mass is 16.6. The number of benzene rings is 4. The number of amides is 2. The third-order valence-corrected chi connectivity index (χ3v) is 9.39. The lowest BCUT2D eigenvalue weighted by atomic mass is 10.0. The van der Waals surface area contributed by atoms with E-state index in [0.29, 0.717) is 23.8 Å². The molecule has 0 N–H and O–H groups in total. The van der Waals surface area contributed by atoms with Crippen LogP contribution >= 0.6 is 0 Å². The van der Waals surface area contributed by atoms with Crippen LogP contribution in [0.15, 0.2) is 97.1 Å². The van der Waals surface area contributed by atoms with Gasteiger partial charge in [0.25, 0.3) is 5.91 Å². The zero-order chi connectivity index (χ0) is 31.6. The monoisotopic (exact) mass is 613 g/mol. The summed E-state index contributed by atoms with van der Waals surface area (Å²) in [5, 5.41) is 1.87. The van der Waals surface area contributed by atoms with Crippen molar-refractivity contribution < 1.29 is 14.3 Å². The van der Waals surface area contributed by atoms with Crippen molar-refractivity contribution in [2.75, 3.05) is 32.1 Å². The van der Waals surface area contributed by atoms with Gasteiger partial charge in [-0.2, -0.15) is 0 Å². The number of likely N-dealkylation sites (tertiary alicyclic amines) is 1. The maximum Gasteiger partial charge on any atom is 0.416 e. The Morgan fingerprint density at radius 3 is 2.41 bits per heavy atom. The molecule has 7 rings (SSSR count). The molecule has 0 bridgehead atoms. The first-order valence-corrected chi connectivity index (χ1v) is 16.1. The number of ether oxygens (including phenoxy) is 1. The summed E-state index contributed by atoms with van der Waals surface area (Å²) in [6, 6.07) is 32.7. The van der Waals surface area contributed by atoms with E-state index in [4.69, 9.17) is 9.72 Å². The van der Waals surface area contributed by atoms with E-state index in [1.807, 2.05) is 60.1 Å². The Bertz CT molecular complexity index is 1860. The largest absolute Gasteiger partial charge is 0.416 e. The van der Waals surface area contributed by atoms with Crippen LogP contribution in [0.4, 0.5) is 10.6 Å². The number of carbonyl (C=O) groups excluding carboxylic acids is 2. The second kappa shape index (κ2) is 12.8. The van der Waals surface area contributed by atoms with E-state index in [1.54, 1.807) is 11.9 Å². The number of fused-ring (bicyclic) bond motifs is 2. The molecule has 46 heavy (non-hydrogen) atoms. The van der Waals surface area contributed by atoms with Crippen molar-refractivity contribution in [3.63, 3.8) is 0 Å². The molecule has 2 aliphatic rings. The van der Waals surface area contributed by atoms with Crippen LogP contribution in [0, 0.1) is 0 Å². The number of hydrogen-bond acceptors (Lipinski definition) is 5. The molecule has 8 heteroatoms. The Morgan fingerprint density at radius 1 is 0.848 bits per heavy atom. The van der Waals surface area contributed by atoms with Crippen molar-refractivity contribution in [3.8, 4) is 17.0 Å². The SMILES string of the molecule is CN(C(=O)c1cccc2ccccc12)c1nc2n(c1OC(=O)N(C)C1CCN(Cc3ccc(-c4ccccc4)cc3)C1)CCCC2. The highest BCUT2D eigenvalue weighted by Gasteiger charge is 2.33. The van der Waals surface area contributed by atoms with Gasteiger partial charge in [0.15, 0.2) is 5.82 Å². The zero-order valence-corrected chi connectivity index (χ0v) is 26.4. The van der Waals surface area contributed by atoms with Gasteiger partial charge >= 0.3 is 6.09 Å². The van der Waals surface area contributed by atoms with Crippen molar-refractivity contribution in [1.82, 2.24) is 19.4 Å². The summed E-state index contributed by atoms with van der Waals surface area (Å²) in [6.45, 7) is 3.20. The molecule has 2 aliphatic heterocycles. The molecule has 5 aromatic rings. The minimum Gasteiger partial charge on any atom is -0.389 e. The van der Waals surface area contributed by atoms with Crippen molar-refractivity contribution in [2.45, 2.75) is 44.8 Å². The van der Waals surface area contributed by atoms with Gasteiger partial charge in [0.1, 0.15) is 5.82 Å². The van der Waals surface area contributed by atoms with Crippen molar-refractivity contribution in [3.05, 3.63) is 114 Å². The third-order valence-electron chi connectivity index (χ3n) is 9.39. The smallest absolute Gasteiger partial charge is 0.389 e. The number of nitrogens with zero attached hydrogens (tertiary/aromatic N) is 5. The minimum atomic E-state index is -0.431. The molecule has 0 saturated carbocycles. The number of hydrogen-bond donors (Lipinski definition) is 0. The summed E-state index contributed by atoms with van der Waals surface area (Å²) in [5.74, 6) is 1.37. The maximum absolute atomic E-state index is 13.9. The molecule has 1 atom stereocenters.